The molecule has 4 rings (SSSR count). The number of carbonyl (C=O) groups is 1. The molecule has 0 unspecified atom stereocenters. The van der Waals surface area contributed by atoms with E-state index in [0.29, 0.717) is 24.6 Å². The van der Waals surface area contributed by atoms with Crippen LogP contribution in [0, 0.1) is 0 Å². The maximum Gasteiger partial charge on any atom is 0.264 e. The first-order valence-corrected chi connectivity index (χ1v) is 12.1. The summed E-state index contributed by atoms with van der Waals surface area (Å²) in [4.78, 5) is 12.3. The van der Waals surface area contributed by atoms with E-state index in [2.05, 4.69) is 5.32 Å². The molecule has 0 saturated carbocycles. The van der Waals surface area contributed by atoms with Gasteiger partial charge in [0.05, 0.1) is 17.7 Å². The second kappa shape index (κ2) is 9.95. The van der Waals surface area contributed by atoms with Crippen LogP contribution in [-0.4, -0.2) is 34.6 Å². The maximum atomic E-state index is 13.2. The van der Waals surface area contributed by atoms with E-state index >= 15 is 0 Å². The first-order chi connectivity index (χ1) is 16.0. The van der Waals surface area contributed by atoms with Gasteiger partial charge in [-0.3, -0.25) is 9.10 Å². The average molecular weight is 467 g/mol. The number of carbonyl (C=O) groups excluding carboxylic acids is 1. The molecular formula is C25H26N2O5S. The van der Waals surface area contributed by atoms with Gasteiger partial charge in [0, 0.05) is 18.7 Å². The van der Waals surface area contributed by atoms with Crippen molar-refractivity contribution in [2.24, 2.45) is 0 Å². The van der Waals surface area contributed by atoms with Crippen LogP contribution in [0.1, 0.15) is 17.5 Å². The van der Waals surface area contributed by atoms with Gasteiger partial charge in [0.2, 0.25) is 0 Å². The summed E-state index contributed by atoms with van der Waals surface area (Å²) in [5, 5.41) is 2.79. The Morgan fingerprint density at radius 1 is 1.00 bits per heavy atom. The Balaban J connectivity index is 1.36. The molecule has 0 spiro atoms. The summed E-state index contributed by atoms with van der Waals surface area (Å²) in [6.07, 6.45) is 1.65. The highest BCUT2D eigenvalue weighted by atomic mass is 32.2. The highest BCUT2D eigenvalue weighted by Crippen LogP contribution is 2.32. The number of nitrogens with one attached hydrogen (secondary N) is 1. The summed E-state index contributed by atoms with van der Waals surface area (Å²) in [5.41, 5.74) is 2.63. The lowest BCUT2D eigenvalue weighted by atomic mass is 10.0. The lowest BCUT2D eigenvalue weighted by molar-refractivity contribution is -0.123. The molecule has 1 aliphatic rings. The molecule has 3 aromatic rings. The number of hydrogen-bond acceptors (Lipinski definition) is 5. The van der Waals surface area contributed by atoms with Gasteiger partial charge in [-0.1, -0.05) is 36.4 Å². The molecule has 0 radical (unpaired) electrons. The summed E-state index contributed by atoms with van der Waals surface area (Å²) in [6.45, 7) is 0.589. The third-order valence-corrected chi connectivity index (χ3v) is 7.35. The minimum Gasteiger partial charge on any atom is -0.496 e. The van der Waals surface area contributed by atoms with Gasteiger partial charge in [-0.15, -0.1) is 0 Å². The van der Waals surface area contributed by atoms with Crippen molar-refractivity contribution in [3.05, 3.63) is 83.9 Å². The van der Waals surface area contributed by atoms with Crippen LogP contribution in [0.3, 0.4) is 0 Å². The van der Waals surface area contributed by atoms with Gasteiger partial charge in [-0.25, -0.2) is 8.42 Å². The van der Waals surface area contributed by atoms with Crippen LogP contribution >= 0.6 is 0 Å². The largest absolute Gasteiger partial charge is 0.496 e. The molecule has 1 amide bonds. The van der Waals surface area contributed by atoms with Crippen molar-refractivity contribution in [2.75, 3.05) is 24.6 Å². The second-order valence-electron chi connectivity index (χ2n) is 7.66. The van der Waals surface area contributed by atoms with Crippen molar-refractivity contribution < 1.29 is 22.7 Å². The van der Waals surface area contributed by atoms with Gasteiger partial charge < -0.3 is 14.8 Å². The molecule has 0 aromatic heterocycles. The summed E-state index contributed by atoms with van der Waals surface area (Å²) in [5.74, 6) is 0.829. The minimum absolute atomic E-state index is 0.180. The molecule has 1 aliphatic heterocycles. The third-order valence-electron chi connectivity index (χ3n) is 5.52. The molecule has 172 valence electrons. The predicted molar refractivity (Wildman–Crippen MR) is 126 cm³/mol. The van der Waals surface area contributed by atoms with Crippen LogP contribution in [0.2, 0.25) is 0 Å². The van der Waals surface area contributed by atoms with E-state index in [4.69, 9.17) is 9.47 Å². The molecule has 7 nitrogen and oxygen atoms in total. The molecule has 0 saturated heterocycles. The number of sulfonamides is 1. The molecule has 3 aromatic carbocycles. The Labute approximate surface area is 194 Å². The fraction of sp³-hybridized carbons (Fsp3) is 0.240. The highest BCUT2D eigenvalue weighted by molar-refractivity contribution is 7.92. The summed E-state index contributed by atoms with van der Waals surface area (Å²) >= 11 is 0. The zero-order chi connectivity index (χ0) is 23.3. The van der Waals surface area contributed by atoms with Crippen molar-refractivity contribution in [3.8, 4) is 11.5 Å². The Bertz CT molecular complexity index is 1230. The number of nitrogens with zero attached hydrogens (tertiary/aromatic N) is 1. The average Bonchev–Trinajstić information content (AvgIpc) is 2.86. The van der Waals surface area contributed by atoms with Gasteiger partial charge in [0.25, 0.3) is 15.9 Å². The van der Waals surface area contributed by atoms with Crippen molar-refractivity contribution in [1.82, 2.24) is 5.32 Å². The van der Waals surface area contributed by atoms with Crippen molar-refractivity contribution in [1.29, 1.82) is 0 Å². The number of rotatable bonds is 8. The maximum absolute atomic E-state index is 13.2. The molecule has 0 atom stereocenters. The quantitative estimate of drug-likeness (QED) is 0.549. The number of methoxy groups -OCH3 is 1. The van der Waals surface area contributed by atoms with E-state index in [-0.39, 0.29) is 17.4 Å². The van der Waals surface area contributed by atoms with Crippen LogP contribution in [0.25, 0.3) is 0 Å². The number of amides is 1. The van der Waals surface area contributed by atoms with E-state index < -0.39 is 10.0 Å². The minimum atomic E-state index is -3.68. The predicted octanol–water partition coefficient (Wildman–Crippen LogP) is 3.53. The number of hydrogen-bond donors (Lipinski definition) is 1. The highest BCUT2D eigenvalue weighted by Gasteiger charge is 2.28. The Kier molecular flexibility index (Phi) is 6.84. The number of aryl methyl sites for hydroxylation is 1. The van der Waals surface area contributed by atoms with Crippen molar-refractivity contribution in [2.45, 2.75) is 24.3 Å². The molecule has 33 heavy (non-hydrogen) atoms. The molecule has 8 heteroatoms. The van der Waals surface area contributed by atoms with Gasteiger partial charge in [0.1, 0.15) is 11.5 Å². The third kappa shape index (κ3) is 5.12. The van der Waals surface area contributed by atoms with E-state index in [0.717, 1.165) is 29.7 Å². The van der Waals surface area contributed by atoms with Crippen molar-refractivity contribution in [3.63, 3.8) is 0 Å². The summed E-state index contributed by atoms with van der Waals surface area (Å²) in [6, 6.07) is 21.2. The van der Waals surface area contributed by atoms with Crippen LogP contribution in [0.5, 0.6) is 11.5 Å². The lowest BCUT2D eigenvalue weighted by Crippen LogP contribution is -2.35. The van der Waals surface area contributed by atoms with E-state index in [1.807, 2.05) is 48.5 Å². The molecule has 0 aliphatic carbocycles. The lowest BCUT2D eigenvalue weighted by Gasteiger charge is -2.30. The van der Waals surface area contributed by atoms with E-state index in [1.54, 1.807) is 19.2 Å². The van der Waals surface area contributed by atoms with Crippen LogP contribution in [0.4, 0.5) is 5.69 Å². The fourth-order valence-electron chi connectivity index (χ4n) is 3.83. The first kappa shape index (κ1) is 22.7. The van der Waals surface area contributed by atoms with Crippen LogP contribution in [-0.2, 0) is 27.8 Å². The summed E-state index contributed by atoms with van der Waals surface area (Å²) in [7, 11) is -2.10. The zero-order valence-corrected chi connectivity index (χ0v) is 19.2. The second-order valence-corrected chi connectivity index (χ2v) is 9.52. The normalized spacial score (nSPS) is 13.2. The van der Waals surface area contributed by atoms with Gasteiger partial charge >= 0.3 is 0 Å². The number of anilines is 1. The number of para-hydroxylation sites is 2. The monoisotopic (exact) mass is 466 g/mol. The topological polar surface area (TPSA) is 84.9 Å². The SMILES string of the molecule is COc1ccccc1CNC(=O)COc1ccc(S(=O)(=O)N2CCCc3ccccc32)cc1. The van der Waals surface area contributed by atoms with Crippen LogP contribution in [0.15, 0.2) is 77.7 Å². The van der Waals surface area contributed by atoms with Gasteiger partial charge in [0.15, 0.2) is 6.61 Å². The number of benzene rings is 3. The molecular weight excluding hydrogens is 440 g/mol. The Morgan fingerprint density at radius 3 is 2.52 bits per heavy atom. The smallest absolute Gasteiger partial charge is 0.264 e. The van der Waals surface area contributed by atoms with Gasteiger partial charge in [-0.2, -0.15) is 0 Å². The molecule has 0 fully saturated rings. The standard InChI is InChI=1S/C25H26N2O5S/c1-31-24-11-5-3-8-20(24)17-26-25(28)18-32-21-12-14-22(15-13-21)33(29,30)27-16-6-9-19-7-2-4-10-23(19)27/h2-5,7-8,10-15H,6,9,16-18H2,1H3,(H,26,28). The molecule has 0 bridgehead atoms. The number of fused-ring (bicyclic) bond motifs is 1. The first-order valence-electron chi connectivity index (χ1n) is 10.7. The van der Waals surface area contributed by atoms with E-state index in [1.165, 1.54) is 16.4 Å². The molecule has 1 heterocycles. The number of ether oxygens (including phenoxy) is 2. The molecule has 1 N–H and O–H groups in total. The Morgan fingerprint density at radius 2 is 1.73 bits per heavy atom. The van der Waals surface area contributed by atoms with Gasteiger partial charge in [-0.05, 0) is 54.8 Å². The van der Waals surface area contributed by atoms with Crippen LogP contribution < -0.4 is 19.1 Å². The summed E-state index contributed by atoms with van der Waals surface area (Å²) < 4.78 is 38.7. The Hall–Kier alpha value is -3.52. The van der Waals surface area contributed by atoms with E-state index in [9.17, 15) is 13.2 Å². The zero-order valence-electron chi connectivity index (χ0n) is 18.4. The van der Waals surface area contributed by atoms with Crippen molar-refractivity contribution >= 4 is 21.6 Å². The fourth-order valence-corrected chi connectivity index (χ4v) is 5.37.